The molecule has 0 spiro atoms. The van der Waals surface area contributed by atoms with Crippen LogP contribution in [0.4, 0.5) is 0 Å². The summed E-state index contributed by atoms with van der Waals surface area (Å²) in [6.45, 7) is 8.20. The zero-order chi connectivity index (χ0) is 22.5. The Labute approximate surface area is 191 Å². The second-order valence-electron chi connectivity index (χ2n) is 9.12. The van der Waals surface area contributed by atoms with Gasteiger partial charge < -0.3 is 10.0 Å². The van der Waals surface area contributed by atoms with Crippen LogP contribution in [-0.4, -0.2) is 60.8 Å². The molecule has 4 heterocycles. The van der Waals surface area contributed by atoms with Gasteiger partial charge in [0, 0.05) is 43.8 Å². The summed E-state index contributed by atoms with van der Waals surface area (Å²) in [5, 5.41) is 18.1. The molecule has 7 heteroatoms. The number of likely N-dealkylation sites (tertiary alicyclic amines) is 1. The first-order valence-corrected chi connectivity index (χ1v) is 11.8. The second-order valence-corrected chi connectivity index (χ2v) is 9.12. The first-order valence-electron chi connectivity index (χ1n) is 11.8. The standard InChI is InChI=1S/C25H36N6O/c1-19-17-29(3)28-24(19)6-4-21-5-7-25(26-16-21)22-8-11-30(12-9-22)13-10-23-18-31(14-15-32)27-20(23)2/h5,7,16-18,22,32H,4,6,8-15H2,1-3H3. The molecule has 0 aromatic carbocycles. The lowest BCUT2D eigenvalue weighted by atomic mass is 9.92. The van der Waals surface area contributed by atoms with Gasteiger partial charge >= 0.3 is 0 Å². The molecule has 0 unspecified atom stereocenters. The molecule has 32 heavy (non-hydrogen) atoms. The van der Waals surface area contributed by atoms with Gasteiger partial charge in [-0.1, -0.05) is 6.07 Å². The van der Waals surface area contributed by atoms with Crippen molar-refractivity contribution in [1.29, 1.82) is 0 Å². The third kappa shape index (κ3) is 5.64. The zero-order valence-electron chi connectivity index (χ0n) is 19.7. The van der Waals surface area contributed by atoms with Crippen molar-refractivity contribution in [1.82, 2.24) is 29.4 Å². The molecule has 3 aromatic heterocycles. The predicted octanol–water partition coefficient (Wildman–Crippen LogP) is 2.83. The summed E-state index contributed by atoms with van der Waals surface area (Å²) in [5.41, 5.74) is 7.34. The van der Waals surface area contributed by atoms with Gasteiger partial charge in [0.25, 0.3) is 0 Å². The third-order valence-corrected chi connectivity index (χ3v) is 6.69. The molecule has 1 fully saturated rings. The number of aliphatic hydroxyl groups excluding tert-OH is 1. The Morgan fingerprint density at radius 1 is 1.00 bits per heavy atom. The number of aliphatic hydroxyl groups is 1. The third-order valence-electron chi connectivity index (χ3n) is 6.69. The molecular formula is C25H36N6O. The monoisotopic (exact) mass is 436 g/mol. The fourth-order valence-corrected chi connectivity index (χ4v) is 4.74. The molecule has 0 atom stereocenters. The number of rotatable bonds is 9. The molecule has 4 rings (SSSR count). The Kier molecular flexibility index (Phi) is 7.37. The predicted molar refractivity (Wildman–Crippen MR) is 126 cm³/mol. The number of aromatic nitrogens is 5. The fraction of sp³-hybridized carbons (Fsp3) is 0.560. The summed E-state index contributed by atoms with van der Waals surface area (Å²) >= 11 is 0. The van der Waals surface area contributed by atoms with Crippen molar-refractivity contribution in [2.24, 2.45) is 7.05 Å². The molecule has 1 aliphatic rings. The lowest BCUT2D eigenvalue weighted by molar-refractivity contribution is 0.213. The number of pyridine rings is 1. The zero-order valence-corrected chi connectivity index (χ0v) is 19.7. The van der Waals surface area contributed by atoms with Crippen molar-refractivity contribution in [2.45, 2.75) is 58.4 Å². The Balaban J connectivity index is 1.23. The van der Waals surface area contributed by atoms with Crippen LogP contribution in [0.3, 0.4) is 0 Å². The first kappa shape index (κ1) is 22.7. The van der Waals surface area contributed by atoms with Crippen molar-refractivity contribution in [3.05, 3.63) is 64.5 Å². The van der Waals surface area contributed by atoms with E-state index in [9.17, 15) is 0 Å². The Morgan fingerprint density at radius 2 is 1.81 bits per heavy atom. The maximum atomic E-state index is 9.09. The van der Waals surface area contributed by atoms with Crippen molar-refractivity contribution >= 4 is 0 Å². The minimum absolute atomic E-state index is 0.132. The first-order chi connectivity index (χ1) is 15.5. The lowest BCUT2D eigenvalue weighted by Gasteiger charge is -2.31. The molecule has 0 aliphatic carbocycles. The lowest BCUT2D eigenvalue weighted by Crippen LogP contribution is -2.34. The Bertz CT molecular complexity index is 998. The summed E-state index contributed by atoms with van der Waals surface area (Å²) in [4.78, 5) is 7.38. The van der Waals surface area contributed by atoms with E-state index in [-0.39, 0.29) is 6.61 Å². The normalized spacial score (nSPS) is 15.5. The maximum Gasteiger partial charge on any atom is 0.0656 e. The fourth-order valence-electron chi connectivity index (χ4n) is 4.74. The van der Waals surface area contributed by atoms with Crippen molar-refractivity contribution < 1.29 is 5.11 Å². The van der Waals surface area contributed by atoms with E-state index in [2.05, 4.69) is 59.7 Å². The average Bonchev–Trinajstić information content (AvgIpc) is 3.31. The summed E-state index contributed by atoms with van der Waals surface area (Å²) in [6, 6.07) is 4.49. The molecule has 1 N–H and O–H groups in total. The van der Waals surface area contributed by atoms with E-state index in [1.54, 1.807) is 0 Å². The molecule has 0 bridgehead atoms. The number of aryl methyl sites for hydroxylation is 5. The van der Waals surface area contributed by atoms with E-state index in [0.717, 1.165) is 44.6 Å². The molecule has 1 saturated heterocycles. The topological polar surface area (TPSA) is 72.0 Å². The largest absolute Gasteiger partial charge is 0.394 e. The number of nitrogens with zero attached hydrogens (tertiary/aromatic N) is 6. The summed E-state index contributed by atoms with van der Waals surface area (Å²) in [5.74, 6) is 0.562. The number of hydrogen-bond donors (Lipinski definition) is 1. The van der Waals surface area contributed by atoms with Gasteiger partial charge in [0.2, 0.25) is 0 Å². The highest BCUT2D eigenvalue weighted by molar-refractivity contribution is 5.21. The van der Waals surface area contributed by atoms with E-state index in [4.69, 9.17) is 10.1 Å². The molecule has 0 saturated carbocycles. The van der Waals surface area contributed by atoms with Gasteiger partial charge in [0.15, 0.2) is 0 Å². The highest BCUT2D eigenvalue weighted by Gasteiger charge is 2.21. The van der Waals surface area contributed by atoms with Gasteiger partial charge in [-0.15, -0.1) is 0 Å². The minimum Gasteiger partial charge on any atom is -0.394 e. The average molecular weight is 437 g/mol. The van der Waals surface area contributed by atoms with E-state index in [0.29, 0.717) is 12.5 Å². The van der Waals surface area contributed by atoms with Gasteiger partial charge in [-0.2, -0.15) is 10.2 Å². The molecule has 0 amide bonds. The van der Waals surface area contributed by atoms with Crippen LogP contribution in [-0.2, 0) is 32.9 Å². The van der Waals surface area contributed by atoms with Crippen molar-refractivity contribution in [3.63, 3.8) is 0 Å². The molecule has 1 aliphatic heterocycles. The summed E-state index contributed by atoms with van der Waals surface area (Å²) in [7, 11) is 1.98. The van der Waals surface area contributed by atoms with Crippen LogP contribution in [0.15, 0.2) is 30.7 Å². The van der Waals surface area contributed by atoms with E-state index in [1.165, 1.54) is 40.9 Å². The van der Waals surface area contributed by atoms with E-state index in [1.807, 2.05) is 16.4 Å². The van der Waals surface area contributed by atoms with Crippen LogP contribution in [0.2, 0.25) is 0 Å². The highest BCUT2D eigenvalue weighted by Crippen LogP contribution is 2.27. The Morgan fingerprint density at radius 3 is 2.47 bits per heavy atom. The molecular weight excluding hydrogens is 400 g/mol. The van der Waals surface area contributed by atoms with Crippen LogP contribution in [0.1, 0.15) is 52.5 Å². The minimum atomic E-state index is 0.132. The van der Waals surface area contributed by atoms with Crippen molar-refractivity contribution in [3.8, 4) is 0 Å². The highest BCUT2D eigenvalue weighted by atomic mass is 16.3. The van der Waals surface area contributed by atoms with Crippen LogP contribution >= 0.6 is 0 Å². The van der Waals surface area contributed by atoms with Gasteiger partial charge in [0.1, 0.15) is 0 Å². The molecule has 172 valence electrons. The van der Waals surface area contributed by atoms with Gasteiger partial charge in [0.05, 0.1) is 24.5 Å². The molecule has 7 nitrogen and oxygen atoms in total. The smallest absolute Gasteiger partial charge is 0.0656 e. The Hall–Kier alpha value is -2.51. The summed E-state index contributed by atoms with van der Waals surface area (Å²) in [6.07, 6.45) is 11.5. The second kappa shape index (κ2) is 10.4. The quantitative estimate of drug-likeness (QED) is 0.558. The molecule has 0 radical (unpaired) electrons. The van der Waals surface area contributed by atoms with Crippen LogP contribution in [0, 0.1) is 13.8 Å². The number of hydrogen-bond acceptors (Lipinski definition) is 5. The maximum absolute atomic E-state index is 9.09. The van der Waals surface area contributed by atoms with Crippen LogP contribution in [0.5, 0.6) is 0 Å². The van der Waals surface area contributed by atoms with E-state index < -0.39 is 0 Å². The molecule has 3 aromatic rings. The van der Waals surface area contributed by atoms with Crippen molar-refractivity contribution in [2.75, 3.05) is 26.2 Å². The number of piperidine rings is 1. The van der Waals surface area contributed by atoms with Gasteiger partial charge in [-0.05, 0) is 81.8 Å². The van der Waals surface area contributed by atoms with Gasteiger partial charge in [-0.25, -0.2) is 0 Å². The van der Waals surface area contributed by atoms with Crippen LogP contribution in [0.25, 0.3) is 0 Å². The van der Waals surface area contributed by atoms with E-state index >= 15 is 0 Å². The van der Waals surface area contributed by atoms with Gasteiger partial charge in [-0.3, -0.25) is 14.3 Å². The summed E-state index contributed by atoms with van der Waals surface area (Å²) < 4.78 is 3.74. The SMILES string of the molecule is Cc1cn(C)nc1CCc1ccc(C2CCN(CCc3cn(CCO)nc3C)CC2)nc1. The van der Waals surface area contributed by atoms with Crippen LogP contribution < -0.4 is 0 Å².